The molecule has 88 valence electrons. The topological polar surface area (TPSA) is 9.23 Å². The molecule has 3 heteroatoms. The lowest BCUT2D eigenvalue weighted by molar-refractivity contribution is 0.107. The minimum absolute atomic E-state index is 0.392. The van der Waals surface area contributed by atoms with Crippen molar-refractivity contribution in [3.8, 4) is 0 Å². The molecule has 2 rings (SSSR count). The number of hydrogen-bond donors (Lipinski definition) is 0. The Labute approximate surface area is 101 Å². The first-order valence-electron chi connectivity index (χ1n) is 6.22. The lowest BCUT2D eigenvalue weighted by atomic mass is 10.2. The minimum Gasteiger partial charge on any atom is -0.372 e. The van der Waals surface area contributed by atoms with Gasteiger partial charge < -0.3 is 4.74 Å². The molecule has 0 saturated heterocycles. The summed E-state index contributed by atoms with van der Waals surface area (Å²) in [4.78, 5) is 0. The molecular weight excluding hydrogens is 222 g/mol. The molecule has 2 aromatic carbocycles. The smallest absolute Gasteiger partial charge is 0.123 e. The highest BCUT2D eigenvalue weighted by atomic mass is 19.1. The molecule has 2 aromatic rings. The molecule has 0 fully saturated rings. The van der Waals surface area contributed by atoms with Gasteiger partial charge in [0.05, 0.1) is 15.9 Å². The fraction of sp³-hybridized carbons (Fsp3) is 0.143. The summed E-state index contributed by atoms with van der Waals surface area (Å²) >= 11 is 0. The number of benzene rings is 2. The first-order valence-corrected chi connectivity index (χ1v) is 5.07. The molecule has 2 atom stereocenters. The van der Waals surface area contributed by atoms with Gasteiger partial charge in [-0.3, -0.25) is 0 Å². The molecule has 0 amide bonds. The SMILES string of the molecule is [2H]C(OC([2H])c1ccc(F)cc1)c1ccc(F)cc1. The molecule has 17 heavy (non-hydrogen) atoms. The van der Waals surface area contributed by atoms with Crippen molar-refractivity contribution in [3.05, 3.63) is 71.3 Å². The highest BCUT2D eigenvalue weighted by molar-refractivity contribution is 5.16. The predicted octanol–water partition coefficient (Wildman–Crippen LogP) is 3.68. The first-order chi connectivity index (χ1) is 9.06. The number of ether oxygens (including phenoxy) is 1. The van der Waals surface area contributed by atoms with Gasteiger partial charge in [-0.25, -0.2) is 8.78 Å². The van der Waals surface area contributed by atoms with Gasteiger partial charge >= 0.3 is 0 Å². The third-order valence-electron chi connectivity index (χ3n) is 2.15. The van der Waals surface area contributed by atoms with E-state index >= 15 is 0 Å². The Balaban J connectivity index is 2.03. The van der Waals surface area contributed by atoms with E-state index in [0.29, 0.717) is 11.1 Å². The van der Waals surface area contributed by atoms with Crippen LogP contribution in [0.15, 0.2) is 48.5 Å². The molecule has 0 spiro atoms. The van der Waals surface area contributed by atoms with Gasteiger partial charge in [0, 0.05) is 0 Å². The monoisotopic (exact) mass is 236 g/mol. The molecule has 0 aliphatic rings. The summed E-state index contributed by atoms with van der Waals surface area (Å²) in [6.45, 7) is -2.18. The summed E-state index contributed by atoms with van der Waals surface area (Å²) in [7, 11) is 0. The van der Waals surface area contributed by atoms with Crippen LogP contribution in [0.1, 0.15) is 13.9 Å². The Morgan fingerprint density at radius 2 is 1.12 bits per heavy atom. The molecule has 1 nitrogen and oxygen atoms in total. The van der Waals surface area contributed by atoms with Gasteiger partial charge in [0.1, 0.15) is 11.6 Å². The van der Waals surface area contributed by atoms with Crippen LogP contribution in [0.3, 0.4) is 0 Å². The van der Waals surface area contributed by atoms with E-state index < -0.39 is 24.8 Å². The molecular formula is C14H12F2O. The van der Waals surface area contributed by atoms with E-state index in [9.17, 15) is 8.78 Å². The van der Waals surface area contributed by atoms with Gasteiger partial charge in [0.25, 0.3) is 0 Å². The molecule has 0 aromatic heterocycles. The zero-order valence-electron chi connectivity index (χ0n) is 10.9. The van der Waals surface area contributed by atoms with Crippen molar-refractivity contribution in [2.75, 3.05) is 0 Å². The maximum Gasteiger partial charge on any atom is 0.123 e. The summed E-state index contributed by atoms with van der Waals surface area (Å²) in [6, 6.07) is 10.7. The fourth-order valence-electron chi connectivity index (χ4n) is 1.27. The third kappa shape index (κ3) is 3.64. The highest BCUT2D eigenvalue weighted by Crippen LogP contribution is 2.08. The van der Waals surface area contributed by atoms with E-state index in [-0.39, 0.29) is 0 Å². The average molecular weight is 236 g/mol. The predicted molar refractivity (Wildman–Crippen MR) is 61.3 cm³/mol. The molecule has 0 heterocycles. The van der Waals surface area contributed by atoms with Crippen molar-refractivity contribution in [2.24, 2.45) is 0 Å². The van der Waals surface area contributed by atoms with Crippen LogP contribution < -0.4 is 0 Å². The second kappa shape index (κ2) is 5.55. The summed E-state index contributed by atoms with van der Waals surface area (Å²) in [6.07, 6.45) is 0. The fourth-order valence-corrected chi connectivity index (χ4v) is 1.27. The van der Waals surface area contributed by atoms with E-state index in [0.717, 1.165) is 0 Å². The highest BCUT2D eigenvalue weighted by Gasteiger charge is 1.96. The van der Waals surface area contributed by atoms with Gasteiger partial charge in [0.2, 0.25) is 0 Å². The maximum atomic E-state index is 12.7. The Kier molecular flexibility index (Phi) is 3.04. The normalized spacial score (nSPS) is 15.9. The molecule has 0 N–H and O–H groups in total. The molecule has 0 bridgehead atoms. The van der Waals surface area contributed by atoms with Crippen LogP contribution in [-0.4, -0.2) is 0 Å². The molecule has 0 aliphatic heterocycles. The van der Waals surface area contributed by atoms with E-state index in [1.54, 1.807) is 0 Å². The average Bonchev–Trinajstić information content (AvgIpc) is 2.40. The second-order valence-corrected chi connectivity index (χ2v) is 3.47. The van der Waals surface area contributed by atoms with Crippen molar-refractivity contribution in [1.82, 2.24) is 0 Å². The standard InChI is InChI=1S/C14H12F2O/c15-13-5-1-11(2-6-13)9-17-10-12-3-7-14(16)8-4-12/h1-8H,9-10H2/i9D,10D. The zero-order chi connectivity index (χ0) is 13.8. The summed E-state index contributed by atoms with van der Waals surface area (Å²) in [5, 5.41) is 0. The molecule has 0 radical (unpaired) electrons. The number of hydrogen-bond acceptors (Lipinski definition) is 1. The quantitative estimate of drug-likeness (QED) is 0.786. The van der Waals surface area contributed by atoms with Crippen molar-refractivity contribution in [2.45, 2.75) is 13.2 Å². The molecule has 2 unspecified atom stereocenters. The molecule has 0 aliphatic carbocycles. The largest absolute Gasteiger partial charge is 0.372 e. The third-order valence-corrected chi connectivity index (χ3v) is 2.15. The van der Waals surface area contributed by atoms with E-state index in [2.05, 4.69) is 0 Å². The van der Waals surface area contributed by atoms with Crippen molar-refractivity contribution in [3.63, 3.8) is 0 Å². The Hall–Kier alpha value is -1.74. The van der Waals surface area contributed by atoms with Crippen molar-refractivity contribution < 1.29 is 16.3 Å². The first kappa shape index (κ1) is 9.31. The lowest BCUT2D eigenvalue weighted by Gasteiger charge is -2.04. The van der Waals surface area contributed by atoms with Gasteiger partial charge in [-0.05, 0) is 35.4 Å². The summed E-state index contributed by atoms with van der Waals surface area (Å²) in [5.41, 5.74) is 0.918. The van der Waals surface area contributed by atoms with Crippen molar-refractivity contribution in [1.29, 1.82) is 0 Å². The van der Waals surface area contributed by atoms with Crippen LogP contribution in [-0.2, 0) is 17.9 Å². The Morgan fingerprint density at radius 3 is 1.47 bits per heavy atom. The van der Waals surface area contributed by atoms with E-state index in [1.165, 1.54) is 48.5 Å². The van der Waals surface area contributed by atoms with Crippen molar-refractivity contribution >= 4 is 0 Å². The zero-order valence-corrected chi connectivity index (χ0v) is 8.94. The van der Waals surface area contributed by atoms with E-state index in [4.69, 9.17) is 7.48 Å². The van der Waals surface area contributed by atoms with E-state index in [1.807, 2.05) is 0 Å². The van der Waals surface area contributed by atoms with Crippen LogP contribution in [0.2, 0.25) is 0 Å². The minimum atomic E-state index is -1.09. The van der Waals surface area contributed by atoms with Gasteiger partial charge in [0.15, 0.2) is 0 Å². The van der Waals surface area contributed by atoms with Gasteiger partial charge in [-0.2, -0.15) is 0 Å². The van der Waals surface area contributed by atoms with Gasteiger partial charge in [-0.15, -0.1) is 0 Å². The Morgan fingerprint density at radius 1 is 0.765 bits per heavy atom. The van der Waals surface area contributed by atoms with Crippen LogP contribution in [0, 0.1) is 11.6 Å². The van der Waals surface area contributed by atoms with Gasteiger partial charge in [-0.1, -0.05) is 24.3 Å². The van der Waals surface area contributed by atoms with Crippen LogP contribution in [0.25, 0.3) is 0 Å². The number of rotatable bonds is 4. The lowest BCUT2D eigenvalue weighted by Crippen LogP contribution is -1.94. The summed E-state index contributed by atoms with van der Waals surface area (Å²) in [5.74, 6) is -0.784. The number of halogens is 2. The second-order valence-electron chi connectivity index (χ2n) is 3.47. The molecule has 0 saturated carbocycles. The Bertz CT molecular complexity index is 479. The van der Waals surface area contributed by atoms with Crippen LogP contribution in [0.4, 0.5) is 8.78 Å². The van der Waals surface area contributed by atoms with Crippen LogP contribution in [0.5, 0.6) is 0 Å². The maximum absolute atomic E-state index is 12.7. The summed E-state index contributed by atoms with van der Waals surface area (Å²) < 4.78 is 46.2. The van der Waals surface area contributed by atoms with Crippen LogP contribution >= 0.6 is 0 Å².